The number of nitrogens with two attached hydrogens (primary N) is 1. The molecule has 0 aromatic heterocycles. The van der Waals surface area contributed by atoms with Crippen molar-refractivity contribution in [1.29, 1.82) is 0 Å². The lowest BCUT2D eigenvalue weighted by molar-refractivity contribution is -0.173. The molecule has 4 heteroatoms. The zero-order chi connectivity index (χ0) is 22.8. The second-order valence-corrected chi connectivity index (χ2v) is 12.7. The molecule has 4 nitrogen and oxygen atoms in total. The summed E-state index contributed by atoms with van der Waals surface area (Å²) in [4.78, 5) is 12.7. The van der Waals surface area contributed by atoms with E-state index in [0.29, 0.717) is 13.0 Å². The molecule has 0 aliphatic heterocycles. The highest BCUT2D eigenvalue weighted by Gasteiger charge is 2.43. The molecule has 0 fully saturated rings. The van der Waals surface area contributed by atoms with Crippen molar-refractivity contribution >= 4 is 5.97 Å². The molecule has 0 saturated carbocycles. The van der Waals surface area contributed by atoms with Gasteiger partial charge in [0.2, 0.25) is 0 Å². The van der Waals surface area contributed by atoms with Crippen molar-refractivity contribution in [3.8, 4) is 0 Å². The van der Waals surface area contributed by atoms with E-state index in [2.05, 4.69) is 62.3 Å². The second-order valence-electron chi connectivity index (χ2n) is 12.7. The molecule has 0 atom stereocenters. The largest absolute Gasteiger partial charge is 0.459 e. The van der Waals surface area contributed by atoms with Gasteiger partial charge in [-0.15, -0.1) is 0 Å². The fourth-order valence-corrected chi connectivity index (χ4v) is 3.09. The first-order valence-corrected chi connectivity index (χ1v) is 10.7. The lowest BCUT2D eigenvalue weighted by Gasteiger charge is -2.44. The Hall–Kier alpha value is -0.610. The number of esters is 1. The van der Waals surface area contributed by atoms with Crippen molar-refractivity contribution in [2.75, 3.05) is 6.61 Å². The first-order chi connectivity index (χ1) is 12.0. The molecule has 2 N–H and O–H groups in total. The van der Waals surface area contributed by atoms with Crippen LogP contribution in [0.5, 0.6) is 0 Å². The van der Waals surface area contributed by atoms with Gasteiger partial charge in [0.05, 0.1) is 12.0 Å². The van der Waals surface area contributed by atoms with E-state index >= 15 is 0 Å². The maximum absolute atomic E-state index is 12.7. The molecule has 28 heavy (non-hydrogen) atoms. The third kappa shape index (κ3) is 8.82. The van der Waals surface area contributed by atoms with Crippen molar-refractivity contribution in [3.63, 3.8) is 0 Å². The van der Waals surface area contributed by atoms with Crippen LogP contribution in [0.2, 0.25) is 0 Å². The van der Waals surface area contributed by atoms with Crippen molar-refractivity contribution in [3.05, 3.63) is 0 Å². The van der Waals surface area contributed by atoms with E-state index in [1.807, 2.05) is 27.7 Å². The molecular formula is C24H49NO3. The third-order valence-electron chi connectivity index (χ3n) is 6.57. The second kappa shape index (κ2) is 8.63. The predicted octanol–water partition coefficient (Wildman–Crippen LogP) is 6.11. The van der Waals surface area contributed by atoms with Crippen molar-refractivity contribution < 1.29 is 14.3 Å². The van der Waals surface area contributed by atoms with E-state index in [9.17, 15) is 4.79 Å². The van der Waals surface area contributed by atoms with E-state index in [1.165, 1.54) is 0 Å². The molecule has 0 aromatic carbocycles. The number of carbonyl (C=O) groups excluding carboxylic acids is 1. The molecule has 0 unspecified atom stereocenters. The summed E-state index contributed by atoms with van der Waals surface area (Å²) >= 11 is 0. The Kier molecular flexibility index (Phi) is 8.45. The van der Waals surface area contributed by atoms with E-state index in [4.69, 9.17) is 15.2 Å². The average molecular weight is 400 g/mol. The summed E-state index contributed by atoms with van der Waals surface area (Å²) < 4.78 is 12.1. The topological polar surface area (TPSA) is 61.5 Å². The SMILES string of the molecule is CC(C)(N)CC(C)(C)C(C)(C)OC(=O)CC(C)(C)CCOC(C)(C)C(C)(C)C. The Labute approximate surface area is 175 Å². The fourth-order valence-electron chi connectivity index (χ4n) is 3.09. The number of hydrogen-bond donors (Lipinski definition) is 1. The Morgan fingerprint density at radius 1 is 0.786 bits per heavy atom. The summed E-state index contributed by atoms with van der Waals surface area (Å²) in [5, 5.41) is 0. The van der Waals surface area contributed by atoms with Crippen LogP contribution < -0.4 is 5.73 Å². The van der Waals surface area contributed by atoms with Gasteiger partial charge < -0.3 is 15.2 Å². The van der Waals surface area contributed by atoms with Crippen molar-refractivity contribution in [1.82, 2.24) is 0 Å². The summed E-state index contributed by atoms with van der Waals surface area (Å²) in [6.07, 6.45) is 1.94. The minimum Gasteiger partial charge on any atom is -0.459 e. The normalized spacial score (nSPS) is 14.9. The van der Waals surface area contributed by atoms with Gasteiger partial charge in [0.15, 0.2) is 0 Å². The summed E-state index contributed by atoms with van der Waals surface area (Å²) in [5.41, 5.74) is 4.73. The minimum absolute atomic E-state index is 0.0580. The average Bonchev–Trinajstić information content (AvgIpc) is 2.31. The Balaban J connectivity index is 4.83. The zero-order valence-corrected chi connectivity index (χ0v) is 21.1. The Morgan fingerprint density at radius 2 is 1.25 bits per heavy atom. The molecular weight excluding hydrogens is 350 g/mol. The van der Waals surface area contributed by atoms with Gasteiger partial charge in [0, 0.05) is 17.6 Å². The van der Waals surface area contributed by atoms with Gasteiger partial charge in [0.1, 0.15) is 5.60 Å². The maximum Gasteiger partial charge on any atom is 0.306 e. The lowest BCUT2D eigenvalue weighted by Crippen LogP contribution is -2.49. The lowest BCUT2D eigenvalue weighted by atomic mass is 9.70. The number of rotatable bonds is 10. The summed E-state index contributed by atoms with van der Waals surface area (Å²) in [6.45, 7) is 27.8. The third-order valence-corrected chi connectivity index (χ3v) is 6.57. The molecule has 0 saturated heterocycles. The summed E-state index contributed by atoms with van der Waals surface area (Å²) in [5.74, 6) is -0.159. The van der Waals surface area contributed by atoms with Gasteiger partial charge in [-0.2, -0.15) is 0 Å². The van der Waals surface area contributed by atoms with Gasteiger partial charge in [-0.3, -0.25) is 4.79 Å². The van der Waals surface area contributed by atoms with Crippen molar-refractivity contribution in [2.45, 2.75) is 126 Å². The van der Waals surface area contributed by atoms with E-state index in [1.54, 1.807) is 0 Å². The van der Waals surface area contributed by atoms with Gasteiger partial charge in [-0.05, 0) is 65.2 Å². The predicted molar refractivity (Wildman–Crippen MR) is 119 cm³/mol. The first-order valence-electron chi connectivity index (χ1n) is 10.7. The first kappa shape index (κ1) is 27.4. The van der Waals surface area contributed by atoms with Gasteiger partial charge in [-0.1, -0.05) is 48.5 Å². The van der Waals surface area contributed by atoms with Crippen LogP contribution in [0, 0.1) is 16.2 Å². The van der Waals surface area contributed by atoms with Crippen LogP contribution in [0.4, 0.5) is 0 Å². The highest BCUT2D eigenvalue weighted by molar-refractivity contribution is 5.70. The molecule has 168 valence electrons. The molecule has 0 bridgehead atoms. The highest BCUT2D eigenvalue weighted by atomic mass is 16.6. The standard InChI is InChI=1S/C24H49NO3/c1-19(2,3)23(10,11)27-15-14-20(4,5)16-18(26)28-24(12,13)21(6,7)17-22(8,9)25/h14-17,25H2,1-13H3. The van der Waals surface area contributed by atoms with Crippen LogP contribution in [-0.4, -0.2) is 29.3 Å². The zero-order valence-electron chi connectivity index (χ0n) is 21.1. The van der Waals surface area contributed by atoms with Gasteiger partial charge in [0.25, 0.3) is 0 Å². The molecule has 0 heterocycles. The maximum atomic E-state index is 12.7. The van der Waals surface area contributed by atoms with Gasteiger partial charge in [-0.25, -0.2) is 0 Å². The highest BCUT2D eigenvalue weighted by Crippen LogP contribution is 2.41. The van der Waals surface area contributed by atoms with E-state index < -0.39 is 5.60 Å². The van der Waals surface area contributed by atoms with E-state index in [-0.39, 0.29) is 33.4 Å². The molecule has 0 rings (SSSR count). The van der Waals surface area contributed by atoms with Crippen LogP contribution in [0.1, 0.15) is 109 Å². The van der Waals surface area contributed by atoms with Crippen LogP contribution >= 0.6 is 0 Å². The van der Waals surface area contributed by atoms with Crippen LogP contribution in [0.15, 0.2) is 0 Å². The Morgan fingerprint density at radius 3 is 1.64 bits per heavy atom. The molecule has 0 spiro atoms. The smallest absolute Gasteiger partial charge is 0.306 e. The van der Waals surface area contributed by atoms with E-state index in [0.717, 1.165) is 12.8 Å². The molecule has 0 aliphatic carbocycles. The minimum atomic E-state index is -0.596. The van der Waals surface area contributed by atoms with Crippen molar-refractivity contribution in [2.24, 2.45) is 22.0 Å². The number of carbonyl (C=O) groups is 1. The summed E-state index contributed by atoms with van der Waals surface area (Å²) in [6, 6.07) is 0. The monoisotopic (exact) mass is 399 g/mol. The molecule has 0 amide bonds. The molecule has 0 radical (unpaired) electrons. The van der Waals surface area contributed by atoms with Crippen LogP contribution in [0.25, 0.3) is 0 Å². The van der Waals surface area contributed by atoms with Crippen LogP contribution in [0.3, 0.4) is 0 Å². The number of hydrogen-bond acceptors (Lipinski definition) is 4. The summed E-state index contributed by atoms with van der Waals surface area (Å²) in [7, 11) is 0. The quantitative estimate of drug-likeness (QED) is 0.450. The van der Waals surface area contributed by atoms with Crippen LogP contribution in [-0.2, 0) is 14.3 Å². The fraction of sp³-hybridized carbons (Fsp3) is 0.958. The molecule has 0 aromatic rings. The number of ether oxygens (including phenoxy) is 2. The van der Waals surface area contributed by atoms with Gasteiger partial charge >= 0.3 is 5.97 Å². The Bertz CT molecular complexity index is 517. The molecule has 0 aliphatic rings.